The van der Waals surface area contributed by atoms with Gasteiger partial charge in [-0.1, -0.05) is 37.5 Å². The van der Waals surface area contributed by atoms with Crippen molar-refractivity contribution in [1.29, 1.82) is 0 Å². The topological polar surface area (TPSA) is 100 Å². The summed E-state index contributed by atoms with van der Waals surface area (Å²) in [6.07, 6.45) is 0.785. The van der Waals surface area contributed by atoms with Crippen LogP contribution < -0.4 is 4.74 Å². The molecule has 1 aromatic heterocycles. The van der Waals surface area contributed by atoms with Crippen LogP contribution in [0.4, 0.5) is 22.8 Å². The summed E-state index contributed by atoms with van der Waals surface area (Å²) in [4.78, 5) is 35.5. The Balaban J connectivity index is 1.55. The number of carbonyl (C=O) groups is 2. The molecular formula is C37H45F3N2O7. The van der Waals surface area contributed by atoms with Crippen molar-refractivity contribution in [2.75, 3.05) is 6.54 Å². The molecule has 0 N–H and O–H groups in total. The maximum atomic E-state index is 13.1. The molecule has 12 heteroatoms. The van der Waals surface area contributed by atoms with Crippen LogP contribution in [0.5, 0.6) is 5.75 Å². The highest BCUT2D eigenvalue weighted by Crippen LogP contribution is 2.37. The van der Waals surface area contributed by atoms with Gasteiger partial charge < -0.3 is 18.6 Å². The van der Waals surface area contributed by atoms with Crippen LogP contribution in [-0.4, -0.2) is 40.0 Å². The Hall–Kier alpha value is -4.48. The number of halogens is 3. The summed E-state index contributed by atoms with van der Waals surface area (Å²) in [6, 6.07) is 12.2. The van der Waals surface area contributed by atoms with Gasteiger partial charge in [-0.05, 0) is 115 Å². The van der Waals surface area contributed by atoms with E-state index in [-0.39, 0.29) is 25.0 Å². The van der Waals surface area contributed by atoms with E-state index in [4.69, 9.17) is 23.5 Å². The number of benzene rings is 2. The van der Waals surface area contributed by atoms with E-state index < -0.39 is 35.2 Å². The average Bonchev–Trinajstić information content (AvgIpc) is 3.38. The number of hydrogen-bond donors (Lipinski definition) is 0. The molecule has 9 nitrogen and oxygen atoms in total. The van der Waals surface area contributed by atoms with Crippen LogP contribution in [0.25, 0.3) is 17.0 Å². The first-order valence-electron chi connectivity index (χ1n) is 16.4. The van der Waals surface area contributed by atoms with E-state index in [1.807, 2.05) is 30.3 Å². The van der Waals surface area contributed by atoms with Crippen molar-refractivity contribution in [3.63, 3.8) is 0 Å². The van der Waals surface area contributed by atoms with Gasteiger partial charge in [-0.25, -0.2) is 14.6 Å². The molecule has 2 aromatic carbocycles. The molecule has 1 fully saturated rings. The van der Waals surface area contributed by atoms with E-state index in [9.17, 15) is 22.8 Å². The van der Waals surface area contributed by atoms with Crippen LogP contribution >= 0.6 is 0 Å². The van der Waals surface area contributed by atoms with Gasteiger partial charge >= 0.3 is 18.4 Å². The minimum atomic E-state index is -4.43. The minimum Gasteiger partial charge on any atom is -0.487 e. The Labute approximate surface area is 285 Å². The normalized spacial score (nSPS) is 14.7. The summed E-state index contributed by atoms with van der Waals surface area (Å²) in [7, 11) is 0. The van der Waals surface area contributed by atoms with E-state index in [2.05, 4.69) is 4.98 Å². The molecular weight excluding hydrogens is 641 g/mol. The van der Waals surface area contributed by atoms with E-state index in [1.54, 1.807) is 48.5 Å². The number of nitrogens with zero attached hydrogens (tertiary/aromatic N) is 2. The maximum absolute atomic E-state index is 13.1. The highest BCUT2D eigenvalue weighted by Gasteiger charge is 2.31. The predicted molar refractivity (Wildman–Crippen MR) is 177 cm³/mol. The number of alkyl halides is 3. The van der Waals surface area contributed by atoms with Crippen molar-refractivity contribution < 1.29 is 46.2 Å². The van der Waals surface area contributed by atoms with Gasteiger partial charge in [0.2, 0.25) is 5.89 Å². The molecule has 3 aromatic rings. The zero-order chi connectivity index (χ0) is 36.0. The largest absolute Gasteiger partial charge is 0.534 e. The average molecular weight is 687 g/mol. The molecule has 1 aliphatic rings. The summed E-state index contributed by atoms with van der Waals surface area (Å²) in [5, 5.41) is 0.865. The van der Waals surface area contributed by atoms with Crippen molar-refractivity contribution in [2.24, 2.45) is 5.92 Å². The highest BCUT2D eigenvalue weighted by molar-refractivity contribution is 5.72. The summed E-state index contributed by atoms with van der Waals surface area (Å²) in [6.45, 7) is 12.0. The highest BCUT2D eigenvalue weighted by atomic mass is 19.4. The van der Waals surface area contributed by atoms with E-state index >= 15 is 0 Å². The molecule has 0 spiro atoms. The lowest BCUT2D eigenvalue weighted by Crippen LogP contribution is -2.40. The van der Waals surface area contributed by atoms with Crippen LogP contribution in [0.1, 0.15) is 96.2 Å². The second-order valence-corrected chi connectivity index (χ2v) is 14.0. The molecule has 0 saturated heterocycles. The first-order chi connectivity index (χ1) is 22.9. The van der Waals surface area contributed by atoms with Gasteiger partial charge in [-0.15, -0.1) is 5.06 Å². The molecule has 1 saturated carbocycles. The van der Waals surface area contributed by atoms with E-state index in [0.29, 0.717) is 22.8 Å². The monoisotopic (exact) mass is 686 g/mol. The second kappa shape index (κ2) is 15.4. The molecule has 1 aliphatic carbocycles. The summed E-state index contributed by atoms with van der Waals surface area (Å²) < 4.78 is 61.6. The zero-order valence-corrected chi connectivity index (χ0v) is 29.1. The van der Waals surface area contributed by atoms with Gasteiger partial charge in [0.25, 0.3) is 0 Å². The summed E-state index contributed by atoms with van der Waals surface area (Å²) >= 11 is 0. The van der Waals surface area contributed by atoms with Crippen LogP contribution in [0.15, 0.2) is 59.0 Å². The predicted octanol–water partition coefficient (Wildman–Crippen LogP) is 10.3. The molecule has 1 heterocycles. The number of aromatic nitrogens is 1. The third kappa shape index (κ3) is 11.3. The molecule has 0 atom stereocenters. The Kier molecular flexibility index (Phi) is 11.7. The van der Waals surface area contributed by atoms with Gasteiger partial charge in [0.1, 0.15) is 35.0 Å². The molecule has 0 radical (unpaired) electrons. The third-order valence-corrected chi connectivity index (χ3v) is 7.59. The minimum absolute atomic E-state index is 0.0675. The van der Waals surface area contributed by atoms with Gasteiger partial charge in [-0.3, -0.25) is 4.84 Å². The number of hydrogen-bond acceptors (Lipinski definition) is 8. The quantitative estimate of drug-likeness (QED) is 0.170. The number of hydroxylamine groups is 2. The van der Waals surface area contributed by atoms with E-state index in [0.717, 1.165) is 60.4 Å². The molecule has 0 unspecified atom stereocenters. The van der Waals surface area contributed by atoms with Crippen LogP contribution in [0.3, 0.4) is 0 Å². The van der Waals surface area contributed by atoms with Crippen LogP contribution in [0, 0.1) is 12.8 Å². The van der Waals surface area contributed by atoms with Crippen molar-refractivity contribution in [3.8, 4) is 17.2 Å². The number of amides is 1. The lowest BCUT2D eigenvalue weighted by atomic mass is 9.80. The molecule has 266 valence electrons. The number of rotatable bonds is 8. The molecule has 49 heavy (non-hydrogen) atoms. The van der Waals surface area contributed by atoms with E-state index in [1.165, 1.54) is 12.1 Å². The molecule has 0 aliphatic heterocycles. The Morgan fingerprint density at radius 2 is 1.59 bits per heavy atom. The summed E-state index contributed by atoms with van der Waals surface area (Å²) in [5.74, 6) is 1.45. The Morgan fingerprint density at radius 1 is 0.939 bits per heavy atom. The lowest BCUT2D eigenvalue weighted by Gasteiger charge is -2.28. The van der Waals surface area contributed by atoms with Crippen molar-refractivity contribution in [2.45, 2.75) is 105 Å². The number of carbonyl (C=O) groups excluding carboxylic acids is 2. The van der Waals surface area contributed by atoms with Gasteiger partial charge in [0.15, 0.2) is 0 Å². The molecule has 0 bridgehead atoms. The molecule has 4 rings (SSSR count). The van der Waals surface area contributed by atoms with Crippen LogP contribution in [0.2, 0.25) is 0 Å². The standard InChI is InChI=1S/C37H45F3N2O7/c1-24-31(41-32(46-24)26-16-18-28(19-17-26)37(38,39)40)23-45-29-15-11-14-27(22-29)30(25-12-9-8-10-13-25)20-21-42(33(43)47-35(2,3)4)49-34(44)48-36(5,6)7/h11,14-20,22,25H,8-10,12-13,21,23H2,1-7H3/b30-20+. The fourth-order valence-corrected chi connectivity index (χ4v) is 5.34. The van der Waals surface area contributed by atoms with Crippen molar-refractivity contribution >= 4 is 17.8 Å². The molecule has 1 amide bonds. The first kappa shape index (κ1) is 37.3. The maximum Gasteiger partial charge on any atom is 0.534 e. The SMILES string of the molecule is Cc1oc(-c2ccc(C(F)(F)F)cc2)nc1COc1cccc(/C(=C/CN(OC(=O)OC(C)(C)C)C(=O)OC(C)(C)C)C2CCCCC2)c1. The van der Waals surface area contributed by atoms with Gasteiger partial charge in [-0.2, -0.15) is 13.2 Å². The first-order valence-corrected chi connectivity index (χ1v) is 16.4. The van der Waals surface area contributed by atoms with Gasteiger partial charge in [0, 0.05) is 5.56 Å². The van der Waals surface area contributed by atoms with Crippen LogP contribution in [-0.2, 0) is 27.1 Å². The number of aryl methyl sites for hydroxylation is 1. The third-order valence-electron chi connectivity index (χ3n) is 7.59. The number of allylic oxidation sites excluding steroid dienone is 1. The fourth-order valence-electron chi connectivity index (χ4n) is 5.34. The smallest absolute Gasteiger partial charge is 0.487 e. The Morgan fingerprint density at radius 3 is 2.20 bits per heavy atom. The van der Waals surface area contributed by atoms with Crippen molar-refractivity contribution in [3.05, 3.63) is 77.2 Å². The Bertz CT molecular complexity index is 1610. The zero-order valence-electron chi connectivity index (χ0n) is 29.1. The lowest BCUT2D eigenvalue weighted by molar-refractivity contribution is -0.137. The second-order valence-electron chi connectivity index (χ2n) is 14.0. The summed E-state index contributed by atoms with van der Waals surface area (Å²) in [5.41, 5.74) is 0.390. The van der Waals surface area contributed by atoms with Gasteiger partial charge in [0.05, 0.1) is 12.1 Å². The number of oxazole rings is 1. The fraction of sp³-hybridized carbons (Fsp3) is 0.486. The van der Waals surface area contributed by atoms with Crippen molar-refractivity contribution in [1.82, 2.24) is 10.0 Å². The number of ether oxygens (including phenoxy) is 3.